The van der Waals surface area contributed by atoms with E-state index in [1.54, 1.807) is 6.07 Å². The molecule has 1 fully saturated rings. The zero-order chi connectivity index (χ0) is 19.8. The van der Waals surface area contributed by atoms with Crippen LogP contribution in [0.4, 0.5) is 5.82 Å². The van der Waals surface area contributed by atoms with Crippen molar-refractivity contribution in [2.24, 2.45) is 10.2 Å². The first kappa shape index (κ1) is 17.8. The Morgan fingerprint density at radius 1 is 1.07 bits per heavy atom. The van der Waals surface area contributed by atoms with E-state index in [1.807, 2.05) is 31.5 Å². The van der Waals surface area contributed by atoms with Crippen LogP contribution >= 0.6 is 0 Å². The summed E-state index contributed by atoms with van der Waals surface area (Å²) in [5, 5.41) is 26.2. The minimum absolute atomic E-state index is 0.0561. The second-order valence-electron chi connectivity index (χ2n) is 7.58. The van der Waals surface area contributed by atoms with E-state index in [9.17, 15) is 5.11 Å². The van der Waals surface area contributed by atoms with Crippen LogP contribution in [0.25, 0.3) is 22.3 Å². The molecule has 7 nitrogen and oxygen atoms in total. The molecule has 0 saturated carbocycles. The van der Waals surface area contributed by atoms with Gasteiger partial charge in [-0.15, -0.1) is 0 Å². The van der Waals surface area contributed by atoms with E-state index >= 15 is 0 Å². The maximum Gasteiger partial charge on any atom is 0.165 e. The molecule has 29 heavy (non-hydrogen) atoms. The zero-order valence-corrected chi connectivity index (χ0v) is 16.1. The lowest BCUT2D eigenvalue weighted by molar-refractivity contribution is 0.477. The third-order valence-electron chi connectivity index (χ3n) is 5.42. The molecule has 0 spiro atoms. The van der Waals surface area contributed by atoms with Crippen LogP contribution in [0.2, 0.25) is 0 Å². The van der Waals surface area contributed by atoms with Gasteiger partial charge in [-0.2, -0.15) is 10.2 Å². The van der Waals surface area contributed by atoms with Gasteiger partial charge in [0.25, 0.3) is 0 Å². The number of fused-ring (bicyclic) bond motifs is 1. The van der Waals surface area contributed by atoms with Crippen LogP contribution in [0.5, 0.6) is 5.75 Å². The number of phenols is 1. The fraction of sp³-hybridized carbons (Fsp3) is 0.273. The molecular weight excluding hydrogens is 364 g/mol. The highest BCUT2D eigenvalue weighted by Crippen LogP contribution is 2.32. The second-order valence-corrected chi connectivity index (χ2v) is 7.58. The first-order chi connectivity index (χ1) is 14.2. The Hall–Kier alpha value is -3.32. The van der Waals surface area contributed by atoms with Gasteiger partial charge in [0.1, 0.15) is 11.6 Å². The van der Waals surface area contributed by atoms with Gasteiger partial charge in [-0.1, -0.05) is 17.7 Å². The fourth-order valence-corrected chi connectivity index (χ4v) is 3.82. The van der Waals surface area contributed by atoms with E-state index in [2.05, 4.69) is 39.0 Å². The topological polar surface area (TPSA) is 94.8 Å². The molecule has 0 unspecified atom stereocenters. The molecule has 0 radical (unpaired) electrons. The van der Waals surface area contributed by atoms with E-state index in [4.69, 9.17) is 9.97 Å². The number of benzene rings is 2. The van der Waals surface area contributed by atoms with Gasteiger partial charge in [0, 0.05) is 30.4 Å². The van der Waals surface area contributed by atoms with Gasteiger partial charge < -0.3 is 15.7 Å². The molecule has 146 valence electrons. The maximum absolute atomic E-state index is 10.4. The predicted octanol–water partition coefficient (Wildman–Crippen LogP) is 3.24. The van der Waals surface area contributed by atoms with Crippen LogP contribution in [0.1, 0.15) is 23.5 Å². The number of anilines is 1. The molecule has 1 aromatic heterocycles. The molecule has 2 aliphatic heterocycles. The smallest absolute Gasteiger partial charge is 0.165 e. The number of hydrogen-bond acceptors (Lipinski definition) is 7. The Kier molecular flexibility index (Phi) is 4.44. The van der Waals surface area contributed by atoms with Crippen molar-refractivity contribution in [3.8, 4) is 17.1 Å². The summed E-state index contributed by atoms with van der Waals surface area (Å²) >= 11 is 0. The van der Waals surface area contributed by atoms with Crippen LogP contribution in [0, 0.1) is 6.92 Å². The molecular formula is C22H22N6O. The standard InChI is InChI=1S/C22H22N6O/c1-13-2-5-20(29)18(8-13)22-27-19-9-14(15-10-24-25-11-15)3-4-17(19)21(28-22)26-16-6-7-23-12-16/h2-5,8-11,15-16,23,29H,6-7,12H2,1H3,(H,26,27,28)/t16-/m0/s1. The molecule has 7 heteroatoms. The van der Waals surface area contributed by atoms with E-state index in [0.717, 1.165) is 47.4 Å². The van der Waals surface area contributed by atoms with Gasteiger partial charge in [0.2, 0.25) is 0 Å². The van der Waals surface area contributed by atoms with E-state index in [-0.39, 0.29) is 11.7 Å². The summed E-state index contributed by atoms with van der Waals surface area (Å²) < 4.78 is 0. The molecule has 3 aromatic rings. The number of nitrogens with zero attached hydrogens (tertiary/aromatic N) is 4. The molecule has 1 saturated heterocycles. The number of hydrogen-bond donors (Lipinski definition) is 3. The average Bonchev–Trinajstić information content (AvgIpc) is 3.43. The van der Waals surface area contributed by atoms with Crippen LogP contribution in [0.15, 0.2) is 46.6 Å². The molecule has 0 aliphatic carbocycles. The predicted molar refractivity (Wildman–Crippen MR) is 116 cm³/mol. The molecule has 3 heterocycles. The summed E-state index contributed by atoms with van der Waals surface area (Å²) in [6.45, 7) is 3.89. The van der Waals surface area contributed by atoms with Crippen molar-refractivity contribution < 1.29 is 5.11 Å². The molecule has 5 rings (SSSR count). The number of nitrogens with one attached hydrogen (secondary N) is 2. The first-order valence-corrected chi connectivity index (χ1v) is 9.83. The van der Waals surface area contributed by atoms with Gasteiger partial charge in [-0.25, -0.2) is 9.97 Å². The summed E-state index contributed by atoms with van der Waals surface area (Å²) in [4.78, 5) is 9.60. The van der Waals surface area contributed by atoms with E-state index in [1.165, 1.54) is 0 Å². The van der Waals surface area contributed by atoms with Crippen LogP contribution < -0.4 is 10.6 Å². The summed E-state index contributed by atoms with van der Waals surface area (Å²) in [5.74, 6) is 1.54. The minimum atomic E-state index is 0.0561. The van der Waals surface area contributed by atoms with Crippen LogP contribution in [0.3, 0.4) is 0 Å². The second kappa shape index (κ2) is 7.25. The SMILES string of the molecule is Cc1ccc(O)c(-c2nc(N[C@H]3CCNC3)c3ccc(C4C=NN=C4)cc3n2)c1. The molecule has 1 atom stereocenters. The third-order valence-corrected chi connectivity index (χ3v) is 5.42. The molecule has 3 N–H and O–H groups in total. The largest absolute Gasteiger partial charge is 0.507 e. The van der Waals surface area contributed by atoms with Crippen molar-refractivity contribution in [1.82, 2.24) is 15.3 Å². The quantitative estimate of drug-likeness (QED) is 0.640. The van der Waals surface area contributed by atoms with Gasteiger partial charge in [0.05, 0.1) is 17.0 Å². The number of phenolic OH excluding ortho intramolecular Hbond substituents is 1. The monoisotopic (exact) mass is 386 g/mol. The Balaban J connectivity index is 1.66. The van der Waals surface area contributed by atoms with E-state index in [0.29, 0.717) is 17.4 Å². The number of aromatic hydroxyl groups is 1. The van der Waals surface area contributed by atoms with Crippen molar-refractivity contribution in [3.63, 3.8) is 0 Å². The first-order valence-electron chi connectivity index (χ1n) is 9.83. The molecule has 2 aliphatic rings. The highest BCUT2D eigenvalue weighted by molar-refractivity contribution is 5.96. The molecule has 2 aromatic carbocycles. The Morgan fingerprint density at radius 2 is 1.93 bits per heavy atom. The minimum Gasteiger partial charge on any atom is -0.507 e. The summed E-state index contributed by atoms with van der Waals surface area (Å²) in [6, 6.07) is 12.0. The van der Waals surface area contributed by atoms with Crippen molar-refractivity contribution >= 4 is 29.1 Å². The van der Waals surface area contributed by atoms with Gasteiger partial charge in [0.15, 0.2) is 5.82 Å². The van der Waals surface area contributed by atoms with Crippen molar-refractivity contribution in [2.75, 3.05) is 18.4 Å². The lowest BCUT2D eigenvalue weighted by atomic mass is 10.00. The zero-order valence-electron chi connectivity index (χ0n) is 16.1. The average molecular weight is 386 g/mol. The fourth-order valence-electron chi connectivity index (χ4n) is 3.82. The number of aromatic nitrogens is 2. The summed E-state index contributed by atoms with van der Waals surface area (Å²) in [7, 11) is 0. The van der Waals surface area contributed by atoms with Crippen LogP contribution in [-0.4, -0.2) is 46.6 Å². The van der Waals surface area contributed by atoms with E-state index < -0.39 is 0 Å². The van der Waals surface area contributed by atoms with Crippen molar-refractivity contribution in [1.29, 1.82) is 0 Å². The normalized spacial score (nSPS) is 18.7. The van der Waals surface area contributed by atoms with Gasteiger partial charge in [-0.3, -0.25) is 0 Å². The van der Waals surface area contributed by atoms with Gasteiger partial charge in [-0.05, 0) is 49.7 Å². The van der Waals surface area contributed by atoms with Crippen molar-refractivity contribution in [2.45, 2.75) is 25.3 Å². The lowest BCUT2D eigenvalue weighted by Crippen LogP contribution is -2.23. The summed E-state index contributed by atoms with van der Waals surface area (Å²) in [5.41, 5.74) is 3.58. The molecule has 0 bridgehead atoms. The van der Waals surface area contributed by atoms with Crippen molar-refractivity contribution in [3.05, 3.63) is 47.5 Å². The Morgan fingerprint density at radius 3 is 2.72 bits per heavy atom. The highest BCUT2D eigenvalue weighted by atomic mass is 16.3. The molecule has 0 amide bonds. The maximum atomic E-state index is 10.4. The third kappa shape index (κ3) is 3.45. The van der Waals surface area contributed by atoms with Gasteiger partial charge >= 0.3 is 0 Å². The Labute approximate surface area is 168 Å². The van der Waals surface area contributed by atoms with Crippen LogP contribution in [-0.2, 0) is 0 Å². The highest BCUT2D eigenvalue weighted by Gasteiger charge is 2.19. The number of rotatable bonds is 4. The summed E-state index contributed by atoms with van der Waals surface area (Å²) in [6.07, 6.45) is 4.68. The lowest BCUT2D eigenvalue weighted by Gasteiger charge is -2.16. The Bertz CT molecular complexity index is 1120. The number of aryl methyl sites for hydroxylation is 1.